The van der Waals surface area contributed by atoms with Gasteiger partial charge in [0.15, 0.2) is 0 Å². The van der Waals surface area contributed by atoms with Crippen LogP contribution in [-0.4, -0.2) is 26.9 Å². The maximum Gasteiger partial charge on any atom is 0.261 e. The van der Waals surface area contributed by atoms with E-state index in [1.807, 2.05) is 22.4 Å². The van der Waals surface area contributed by atoms with Crippen LogP contribution in [0.2, 0.25) is 0 Å². The molecule has 5 nitrogen and oxygen atoms in total. The summed E-state index contributed by atoms with van der Waals surface area (Å²) >= 11 is 1.66. The number of fused-ring (bicyclic) bond motifs is 1. The van der Waals surface area contributed by atoms with Crippen LogP contribution in [-0.2, 0) is 11.3 Å². The van der Waals surface area contributed by atoms with Crippen LogP contribution in [0.1, 0.15) is 17.3 Å². The maximum atomic E-state index is 12.5. The fourth-order valence-corrected chi connectivity index (χ4v) is 3.79. The zero-order valence-corrected chi connectivity index (χ0v) is 13.2. The van der Waals surface area contributed by atoms with Gasteiger partial charge in [0.25, 0.3) is 5.56 Å². The van der Waals surface area contributed by atoms with Crippen molar-refractivity contribution in [2.45, 2.75) is 19.0 Å². The molecule has 1 fully saturated rings. The Balaban J connectivity index is 1.57. The largest absolute Gasteiger partial charge is 0.333 e. The first-order valence-electron chi connectivity index (χ1n) is 7.51. The van der Waals surface area contributed by atoms with E-state index in [4.69, 9.17) is 0 Å². The second-order valence-electron chi connectivity index (χ2n) is 5.60. The SMILES string of the molecule is O=C(Cn1cnc2ccccc2c1=O)N1CC[C@H]1c1cccs1. The smallest absolute Gasteiger partial charge is 0.261 e. The molecule has 0 bridgehead atoms. The quantitative estimate of drug-likeness (QED) is 0.743. The number of likely N-dealkylation sites (tertiary alicyclic amines) is 1. The van der Waals surface area contributed by atoms with Gasteiger partial charge in [-0.1, -0.05) is 18.2 Å². The van der Waals surface area contributed by atoms with Crippen LogP contribution in [0.25, 0.3) is 10.9 Å². The van der Waals surface area contributed by atoms with E-state index in [1.54, 1.807) is 29.5 Å². The summed E-state index contributed by atoms with van der Waals surface area (Å²) in [5.41, 5.74) is 0.485. The molecule has 0 saturated carbocycles. The minimum absolute atomic E-state index is 0.0335. The molecule has 0 aliphatic carbocycles. The van der Waals surface area contributed by atoms with Crippen molar-refractivity contribution in [2.24, 2.45) is 0 Å². The monoisotopic (exact) mass is 325 g/mol. The number of carbonyl (C=O) groups excluding carboxylic acids is 1. The van der Waals surface area contributed by atoms with Crippen molar-refractivity contribution in [1.29, 1.82) is 0 Å². The van der Waals surface area contributed by atoms with Gasteiger partial charge < -0.3 is 4.90 Å². The summed E-state index contributed by atoms with van der Waals surface area (Å²) in [4.78, 5) is 32.3. The number of benzene rings is 1. The van der Waals surface area contributed by atoms with Crippen molar-refractivity contribution < 1.29 is 4.79 Å². The lowest BCUT2D eigenvalue weighted by atomic mass is 10.0. The van der Waals surface area contributed by atoms with E-state index in [-0.39, 0.29) is 24.1 Å². The van der Waals surface area contributed by atoms with E-state index in [9.17, 15) is 9.59 Å². The van der Waals surface area contributed by atoms with Gasteiger partial charge in [0.05, 0.1) is 23.3 Å². The third kappa shape index (κ3) is 2.45. The Morgan fingerprint density at radius 1 is 1.26 bits per heavy atom. The van der Waals surface area contributed by atoms with Crippen LogP contribution in [0.5, 0.6) is 0 Å². The molecule has 1 saturated heterocycles. The summed E-state index contributed by atoms with van der Waals surface area (Å²) in [7, 11) is 0. The van der Waals surface area contributed by atoms with Crippen LogP contribution in [0, 0.1) is 0 Å². The van der Waals surface area contributed by atoms with Crippen LogP contribution in [0.15, 0.2) is 52.9 Å². The molecular formula is C17H15N3O2S. The molecule has 2 aromatic heterocycles. The van der Waals surface area contributed by atoms with E-state index in [1.165, 1.54) is 15.8 Å². The highest BCUT2D eigenvalue weighted by Crippen LogP contribution is 2.35. The van der Waals surface area contributed by atoms with E-state index >= 15 is 0 Å². The Kier molecular flexibility index (Phi) is 3.46. The lowest BCUT2D eigenvalue weighted by molar-refractivity contribution is -0.139. The first-order chi connectivity index (χ1) is 11.2. The zero-order chi connectivity index (χ0) is 15.8. The molecule has 1 aromatic carbocycles. The Hall–Kier alpha value is -2.47. The summed E-state index contributed by atoms with van der Waals surface area (Å²) in [5.74, 6) is -0.0335. The molecule has 1 aliphatic heterocycles. The second-order valence-corrected chi connectivity index (χ2v) is 6.58. The highest BCUT2D eigenvalue weighted by atomic mass is 32.1. The van der Waals surface area contributed by atoms with Crippen LogP contribution >= 0.6 is 11.3 Å². The molecule has 4 rings (SSSR count). The third-order valence-electron chi connectivity index (χ3n) is 4.25. The van der Waals surface area contributed by atoms with Crippen molar-refractivity contribution in [3.63, 3.8) is 0 Å². The van der Waals surface area contributed by atoms with Crippen LogP contribution in [0.3, 0.4) is 0 Å². The van der Waals surface area contributed by atoms with Crippen LogP contribution in [0.4, 0.5) is 0 Å². The van der Waals surface area contributed by atoms with Gasteiger partial charge in [0.2, 0.25) is 5.91 Å². The van der Waals surface area contributed by atoms with Gasteiger partial charge in [-0.2, -0.15) is 0 Å². The number of amides is 1. The van der Waals surface area contributed by atoms with Gasteiger partial charge >= 0.3 is 0 Å². The molecule has 0 spiro atoms. The number of para-hydroxylation sites is 1. The second kappa shape index (κ2) is 5.62. The fraction of sp³-hybridized carbons (Fsp3) is 0.235. The number of hydrogen-bond donors (Lipinski definition) is 0. The van der Waals surface area contributed by atoms with Gasteiger partial charge in [0, 0.05) is 11.4 Å². The molecule has 0 unspecified atom stereocenters. The predicted octanol–water partition coefficient (Wildman–Crippen LogP) is 2.43. The number of thiophene rings is 1. The van der Waals surface area contributed by atoms with Crippen molar-refractivity contribution >= 4 is 28.1 Å². The Labute approximate surface area is 136 Å². The lowest BCUT2D eigenvalue weighted by Crippen LogP contribution is -2.47. The summed E-state index contributed by atoms with van der Waals surface area (Å²) in [5, 5.41) is 2.56. The molecule has 0 N–H and O–H groups in total. The molecule has 0 radical (unpaired) electrons. The Morgan fingerprint density at radius 2 is 2.13 bits per heavy atom. The van der Waals surface area contributed by atoms with Crippen molar-refractivity contribution in [1.82, 2.24) is 14.5 Å². The number of aromatic nitrogens is 2. The highest BCUT2D eigenvalue weighted by Gasteiger charge is 2.33. The molecule has 116 valence electrons. The Bertz CT molecular complexity index is 917. The standard InChI is InChI=1S/C17H15N3O2S/c21-16(20-8-7-14(20)15-6-3-9-23-15)10-19-11-18-13-5-2-1-4-12(13)17(19)22/h1-6,9,11,14H,7-8,10H2/t14-/m0/s1. The molecule has 3 aromatic rings. The van der Waals surface area contributed by atoms with Crippen molar-refractivity contribution in [3.05, 3.63) is 63.3 Å². The zero-order valence-electron chi connectivity index (χ0n) is 12.4. The average molecular weight is 325 g/mol. The summed E-state index contributed by atoms with van der Waals surface area (Å²) in [6.07, 6.45) is 2.44. The summed E-state index contributed by atoms with van der Waals surface area (Å²) < 4.78 is 1.40. The van der Waals surface area contributed by atoms with Gasteiger partial charge in [-0.15, -0.1) is 11.3 Å². The lowest BCUT2D eigenvalue weighted by Gasteiger charge is -2.40. The highest BCUT2D eigenvalue weighted by molar-refractivity contribution is 7.10. The predicted molar refractivity (Wildman–Crippen MR) is 89.4 cm³/mol. The van der Waals surface area contributed by atoms with Gasteiger partial charge in [0.1, 0.15) is 6.54 Å². The minimum atomic E-state index is -0.169. The number of carbonyl (C=O) groups is 1. The van der Waals surface area contributed by atoms with E-state index in [0.717, 1.165) is 13.0 Å². The first kappa shape index (κ1) is 14.1. The van der Waals surface area contributed by atoms with Gasteiger partial charge in [-0.05, 0) is 30.0 Å². The number of rotatable bonds is 3. The molecule has 1 aliphatic rings. The van der Waals surface area contributed by atoms with E-state index in [0.29, 0.717) is 10.9 Å². The maximum absolute atomic E-state index is 12.5. The minimum Gasteiger partial charge on any atom is -0.333 e. The molecule has 23 heavy (non-hydrogen) atoms. The Morgan fingerprint density at radius 3 is 2.87 bits per heavy atom. The van der Waals surface area contributed by atoms with Gasteiger partial charge in [-0.3, -0.25) is 14.2 Å². The average Bonchev–Trinajstić information content (AvgIpc) is 3.03. The van der Waals surface area contributed by atoms with Crippen molar-refractivity contribution in [2.75, 3.05) is 6.54 Å². The normalized spacial score (nSPS) is 17.2. The summed E-state index contributed by atoms with van der Waals surface area (Å²) in [6.45, 7) is 0.787. The third-order valence-corrected chi connectivity index (χ3v) is 5.22. The summed E-state index contributed by atoms with van der Waals surface area (Å²) in [6, 6.07) is 11.4. The van der Waals surface area contributed by atoms with Crippen LogP contribution < -0.4 is 5.56 Å². The molecule has 6 heteroatoms. The molecular weight excluding hydrogens is 310 g/mol. The number of hydrogen-bond acceptors (Lipinski definition) is 4. The topological polar surface area (TPSA) is 55.2 Å². The van der Waals surface area contributed by atoms with Crippen molar-refractivity contribution in [3.8, 4) is 0 Å². The van der Waals surface area contributed by atoms with E-state index < -0.39 is 0 Å². The molecule has 1 atom stereocenters. The molecule has 3 heterocycles. The number of nitrogens with zero attached hydrogens (tertiary/aromatic N) is 3. The first-order valence-corrected chi connectivity index (χ1v) is 8.39. The van der Waals surface area contributed by atoms with Gasteiger partial charge in [-0.25, -0.2) is 4.98 Å². The van der Waals surface area contributed by atoms with E-state index in [2.05, 4.69) is 11.1 Å². The fourth-order valence-electron chi connectivity index (χ4n) is 2.92. The molecule has 1 amide bonds.